The van der Waals surface area contributed by atoms with Crippen molar-refractivity contribution in [3.05, 3.63) is 43.0 Å². The van der Waals surface area contributed by atoms with Gasteiger partial charge < -0.3 is 20.0 Å². The average molecular weight is 399 g/mol. The van der Waals surface area contributed by atoms with Crippen LogP contribution < -0.4 is 10.2 Å². The van der Waals surface area contributed by atoms with E-state index in [9.17, 15) is 14.4 Å². The number of benzene rings is 1. The van der Waals surface area contributed by atoms with E-state index < -0.39 is 5.54 Å². The van der Waals surface area contributed by atoms with Crippen LogP contribution in [0, 0.1) is 0 Å². The van der Waals surface area contributed by atoms with E-state index in [1.807, 2.05) is 42.2 Å². The van der Waals surface area contributed by atoms with Crippen molar-refractivity contribution in [2.45, 2.75) is 38.1 Å². The SMILES string of the molecule is C=CCNC(=O)CN1CN(c2ccccc2)C2(CCN(C(=O)CCC)CC2)C1=O. The van der Waals surface area contributed by atoms with Crippen LogP contribution in [0.25, 0.3) is 0 Å². The van der Waals surface area contributed by atoms with Gasteiger partial charge in [0, 0.05) is 31.7 Å². The summed E-state index contributed by atoms with van der Waals surface area (Å²) in [6.45, 7) is 7.48. The van der Waals surface area contributed by atoms with E-state index in [1.165, 1.54) is 0 Å². The molecule has 0 saturated carbocycles. The molecule has 3 amide bonds. The van der Waals surface area contributed by atoms with Crippen LogP contribution in [0.4, 0.5) is 5.69 Å². The van der Waals surface area contributed by atoms with Gasteiger partial charge in [-0.2, -0.15) is 0 Å². The van der Waals surface area contributed by atoms with Crippen LogP contribution in [0.2, 0.25) is 0 Å². The first-order valence-corrected chi connectivity index (χ1v) is 10.3. The van der Waals surface area contributed by atoms with Gasteiger partial charge in [0.15, 0.2) is 0 Å². The summed E-state index contributed by atoms with van der Waals surface area (Å²) < 4.78 is 0. The van der Waals surface area contributed by atoms with Crippen molar-refractivity contribution in [1.29, 1.82) is 0 Å². The molecule has 29 heavy (non-hydrogen) atoms. The Bertz CT molecular complexity index is 757. The van der Waals surface area contributed by atoms with Crippen LogP contribution in [0.15, 0.2) is 43.0 Å². The quantitative estimate of drug-likeness (QED) is 0.711. The largest absolute Gasteiger partial charge is 0.351 e. The van der Waals surface area contributed by atoms with Gasteiger partial charge in [-0.05, 0) is 31.4 Å². The van der Waals surface area contributed by atoms with Crippen LogP contribution in [-0.4, -0.2) is 65.9 Å². The summed E-state index contributed by atoms with van der Waals surface area (Å²) in [6, 6.07) is 9.83. The lowest BCUT2D eigenvalue weighted by atomic mass is 9.85. The van der Waals surface area contributed by atoms with E-state index in [2.05, 4.69) is 16.8 Å². The van der Waals surface area contributed by atoms with E-state index in [-0.39, 0.29) is 24.3 Å². The minimum atomic E-state index is -0.705. The van der Waals surface area contributed by atoms with Crippen LogP contribution in [-0.2, 0) is 14.4 Å². The summed E-state index contributed by atoms with van der Waals surface area (Å²) in [7, 11) is 0. The summed E-state index contributed by atoms with van der Waals surface area (Å²) >= 11 is 0. The second-order valence-electron chi connectivity index (χ2n) is 7.66. The number of rotatable bonds is 7. The zero-order chi connectivity index (χ0) is 20.9. The van der Waals surface area contributed by atoms with Crippen molar-refractivity contribution >= 4 is 23.4 Å². The monoisotopic (exact) mass is 398 g/mol. The van der Waals surface area contributed by atoms with E-state index in [0.717, 1.165) is 12.1 Å². The van der Waals surface area contributed by atoms with Gasteiger partial charge >= 0.3 is 0 Å². The van der Waals surface area contributed by atoms with Gasteiger partial charge in [-0.15, -0.1) is 6.58 Å². The summed E-state index contributed by atoms with van der Waals surface area (Å²) in [4.78, 5) is 43.6. The molecule has 0 radical (unpaired) electrons. The maximum atomic E-state index is 13.5. The molecule has 7 heteroatoms. The van der Waals surface area contributed by atoms with Gasteiger partial charge in [-0.3, -0.25) is 14.4 Å². The molecule has 1 N–H and O–H groups in total. The number of hydrogen-bond donors (Lipinski definition) is 1. The average Bonchev–Trinajstić information content (AvgIpc) is 2.99. The smallest absolute Gasteiger partial charge is 0.250 e. The second-order valence-corrected chi connectivity index (χ2v) is 7.66. The van der Waals surface area contributed by atoms with Crippen molar-refractivity contribution < 1.29 is 14.4 Å². The zero-order valence-corrected chi connectivity index (χ0v) is 17.1. The van der Waals surface area contributed by atoms with E-state index in [0.29, 0.717) is 45.6 Å². The van der Waals surface area contributed by atoms with E-state index >= 15 is 0 Å². The Kier molecular flexibility index (Phi) is 6.56. The third kappa shape index (κ3) is 4.28. The molecular weight excluding hydrogens is 368 g/mol. The number of para-hydroxylation sites is 1. The van der Waals surface area contributed by atoms with Crippen molar-refractivity contribution in [3.8, 4) is 0 Å². The maximum Gasteiger partial charge on any atom is 0.250 e. The molecule has 2 fully saturated rings. The standard InChI is InChI=1S/C22H30N4O3/c1-3-8-20(28)24-14-11-22(12-15-24)21(29)25(16-19(27)23-13-4-2)17-26(22)18-9-6-5-7-10-18/h4-7,9-10H,2-3,8,11-17H2,1H3,(H,23,27). The van der Waals surface area contributed by atoms with Crippen molar-refractivity contribution in [2.75, 3.05) is 37.7 Å². The predicted molar refractivity (Wildman–Crippen MR) is 112 cm³/mol. The number of nitrogens with one attached hydrogen (secondary N) is 1. The summed E-state index contributed by atoms with van der Waals surface area (Å²) in [5.41, 5.74) is 0.256. The minimum absolute atomic E-state index is 0.0240. The molecule has 1 aromatic rings. The first kappa shape index (κ1) is 20.9. The molecule has 2 saturated heterocycles. The lowest BCUT2D eigenvalue weighted by molar-refractivity contribution is -0.140. The fourth-order valence-corrected chi connectivity index (χ4v) is 4.24. The van der Waals surface area contributed by atoms with Gasteiger partial charge in [0.05, 0.1) is 6.67 Å². The van der Waals surface area contributed by atoms with Crippen LogP contribution in [0.3, 0.4) is 0 Å². The van der Waals surface area contributed by atoms with Crippen LogP contribution >= 0.6 is 0 Å². The highest BCUT2D eigenvalue weighted by molar-refractivity contribution is 5.96. The minimum Gasteiger partial charge on any atom is -0.351 e. The summed E-state index contributed by atoms with van der Waals surface area (Å²) in [5.74, 6) is -0.0729. The lowest BCUT2D eigenvalue weighted by Gasteiger charge is -2.43. The highest BCUT2D eigenvalue weighted by Gasteiger charge is 2.54. The molecule has 1 spiro atoms. The molecular formula is C22H30N4O3. The topological polar surface area (TPSA) is 73.0 Å². The number of anilines is 1. The Balaban J connectivity index is 1.80. The van der Waals surface area contributed by atoms with E-state index in [1.54, 1.807) is 11.0 Å². The predicted octanol–water partition coefficient (Wildman–Crippen LogP) is 1.76. The third-order valence-electron chi connectivity index (χ3n) is 5.77. The number of carbonyl (C=O) groups is 3. The molecule has 156 valence electrons. The van der Waals surface area contributed by atoms with Gasteiger partial charge in [-0.1, -0.05) is 31.2 Å². The Morgan fingerprint density at radius 1 is 1.21 bits per heavy atom. The molecule has 3 rings (SSSR count). The Labute approximate surface area is 172 Å². The Morgan fingerprint density at radius 3 is 2.52 bits per heavy atom. The highest BCUT2D eigenvalue weighted by atomic mass is 16.2. The molecule has 0 unspecified atom stereocenters. The van der Waals surface area contributed by atoms with Crippen molar-refractivity contribution in [3.63, 3.8) is 0 Å². The molecule has 7 nitrogen and oxygen atoms in total. The van der Waals surface area contributed by atoms with E-state index in [4.69, 9.17) is 0 Å². The van der Waals surface area contributed by atoms with Crippen molar-refractivity contribution in [1.82, 2.24) is 15.1 Å². The third-order valence-corrected chi connectivity index (χ3v) is 5.77. The lowest BCUT2D eigenvalue weighted by Crippen LogP contribution is -2.57. The second kappa shape index (κ2) is 9.11. The zero-order valence-electron chi connectivity index (χ0n) is 17.1. The fourth-order valence-electron chi connectivity index (χ4n) is 4.24. The molecule has 2 aliphatic heterocycles. The van der Waals surface area contributed by atoms with Crippen LogP contribution in [0.1, 0.15) is 32.6 Å². The fraction of sp³-hybridized carbons (Fsp3) is 0.500. The van der Waals surface area contributed by atoms with Gasteiger partial charge in [-0.25, -0.2) is 0 Å². The van der Waals surface area contributed by atoms with Crippen molar-refractivity contribution in [2.24, 2.45) is 0 Å². The number of amides is 3. The summed E-state index contributed by atoms with van der Waals surface area (Å²) in [6.07, 6.45) is 4.12. The van der Waals surface area contributed by atoms with Gasteiger partial charge in [0.1, 0.15) is 12.1 Å². The molecule has 1 aromatic carbocycles. The number of piperidine rings is 1. The molecule has 2 heterocycles. The summed E-state index contributed by atoms with van der Waals surface area (Å²) in [5, 5.41) is 2.74. The molecule has 0 bridgehead atoms. The molecule has 2 aliphatic rings. The molecule has 0 aromatic heterocycles. The first-order valence-electron chi connectivity index (χ1n) is 10.3. The Hall–Kier alpha value is -2.83. The normalized spacial score (nSPS) is 18.2. The molecule has 0 aliphatic carbocycles. The number of carbonyl (C=O) groups excluding carboxylic acids is 3. The number of hydrogen-bond acceptors (Lipinski definition) is 4. The van der Waals surface area contributed by atoms with Gasteiger partial charge in [0.2, 0.25) is 11.8 Å². The molecule has 0 atom stereocenters. The maximum absolute atomic E-state index is 13.5. The number of likely N-dealkylation sites (tertiary alicyclic amines) is 1. The number of nitrogens with zero attached hydrogens (tertiary/aromatic N) is 3. The van der Waals surface area contributed by atoms with Gasteiger partial charge in [0.25, 0.3) is 5.91 Å². The highest BCUT2D eigenvalue weighted by Crippen LogP contribution is 2.39. The van der Waals surface area contributed by atoms with Crippen LogP contribution in [0.5, 0.6) is 0 Å². The Morgan fingerprint density at radius 2 is 1.90 bits per heavy atom. The first-order chi connectivity index (χ1) is 14.0.